The van der Waals surface area contributed by atoms with Gasteiger partial charge in [0.25, 0.3) is 0 Å². The molecular weight excluding hydrogens is 78.1 g/mol. The first-order chi connectivity index (χ1) is 3.70. The topological polar surface area (TPSA) is 48.2 Å². The quantitative estimate of drug-likeness (QED) is 0.427. The smallest absolute Gasteiger partial charge is 0.191 e. The molecule has 3 heteroatoms. The normalized spacial score (nSPS) is 26.3. The average Bonchev–Trinajstić information content (AvgIpc) is 1.85. The molecule has 0 unspecified atom stereocenters. The van der Waals surface area contributed by atoms with Crippen LogP contribution in [-0.2, 0) is 0 Å². The van der Waals surface area contributed by atoms with Crippen LogP contribution in [0.1, 0.15) is 7.79 Å². The Kier molecular flexibility index (Phi) is 0.312. The van der Waals surface area contributed by atoms with Crippen LogP contribution in [0.5, 0.6) is 0 Å². The summed E-state index contributed by atoms with van der Waals surface area (Å²) in [6.07, 6.45) is 0.286. The molecule has 1 rings (SSSR count). The Hall–Kier alpha value is -0.860. The highest BCUT2D eigenvalue weighted by atomic mass is 15.3. The third-order valence-corrected chi connectivity index (χ3v) is 0.488. The van der Waals surface area contributed by atoms with E-state index in [2.05, 4.69) is 5.10 Å². The Morgan fingerprint density at radius 2 is 3.33 bits per heavy atom. The predicted molar refractivity (Wildman–Crippen MR) is 24.0 cm³/mol. The van der Waals surface area contributed by atoms with Crippen molar-refractivity contribution in [2.75, 3.05) is 0 Å². The summed E-state index contributed by atoms with van der Waals surface area (Å²) in [6.45, 7) is 0. The van der Waals surface area contributed by atoms with Crippen LogP contribution in [0.4, 0.5) is 0 Å². The fourth-order valence-electron chi connectivity index (χ4n) is 0.241. The molecule has 0 spiro atoms. The van der Waals surface area contributed by atoms with Crippen LogP contribution in [0.2, 0.25) is 1.41 Å². The lowest BCUT2D eigenvalue weighted by Gasteiger charge is -1.82. The van der Waals surface area contributed by atoms with Gasteiger partial charge in [-0.1, -0.05) is 0 Å². The first-order valence-corrected chi connectivity index (χ1v) is 1.60. The molecule has 3 nitrogen and oxygen atoms in total. The van der Waals surface area contributed by atoms with E-state index >= 15 is 0 Å². The molecule has 1 aliphatic rings. The van der Waals surface area contributed by atoms with Crippen molar-refractivity contribution >= 4 is 12.0 Å². The average molecular weight is 87.1 g/mol. The summed E-state index contributed by atoms with van der Waals surface area (Å²) in [5.74, 6) is 0.0648. The zero-order valence-electron chi connectivity index (χ0n) is 5.10. The van der Waals surface area contributed by atoms with Crippen LogP contribution in [0.3, 0.4) is 0 Å². The van der Waals surface area contributed by atoms with Gasteiger partial charge in [-0.3, -0.25) is 10.8 Å². The third kappa shape index (κ3) is 0.381. The number of nitrogens with zero attached hydrogens (tertiary/aromatic N) is 1. The highest BCUT2D eigenvalue weighted by Gasteiger charge is 1.94. The molecule has 0 aromatic rings. The van der Waals surface area contributed by atoms with E-state index in [1.807, 2.05) is 0 Å². The van der Waals surface area contributed by atoms with Crippen molar-refractivity contribution in [3.8, 4) is 0 Å². The Morgan fingerprint density at radius 1 is 2.50 bits per heavy atom. The van der Waals surface area contributed by atoms with Gasteiger partial charge < -0.3 is 0 Å². The van der Waals surface area contributed by atoms with Crippen LogP contribution in [0.25, 0.3) is 0 Å². The van der Waals surface area contributed by atoms with Crippen molar-refractivity contribution in [3.63, 3.8) is 0 Å². The molecule has 0 saturated carbocycles. The molecule has 0 amide bonds. The summed E-state index contributed by atoms with van der Waals surface area (Å²) in [4.78, 5) is 0. The van der Waals surface area contributed by atoms with Crippen molar-refractivity contribution in [1.29, 1.82) is 5.41 Å². The van der Waals surface area contributed by atoms with E-state index < -0.39 is 0 Å². The number of hydrogen-bond acceptors (Lipinski definition) is 2. The molecule has 0 aromatic heterocycles. The monoisotopic (exact) mass is 87.1 g/mol. The van der Waals surface area contributed by atoms with E-state index in [4.69, 9.17) is 8.19 Å². The van der Waals surface area contributed by atoms with E-state index in [9.17, 15) is 0 Å². The molecule has 0 aromatic carbocycles. The van der Waals surface area contributed by atoms with Crippen molar-refractivity contribution in [3.05, 3.63) is 0 Å². The van der Waals surface area contributed by atoms with Crippen molar-refractivity contribution in [1.82, 2.24) is 5.42 Å². The van der Waals surface area contributed by atoms with Gasteiger partial charge in [-0.05, 0) is 0 Å². The lowest BCUT2D eigenvalue weighted by Crippen LogP contribution is -2.07. The van der Waals surface area contributed by atoms with Gasteiger partial charge in [0.05, 0.1) is 1.37 Å². The minimum atomic E-state index is 0.0648. The number of nitrogens with one attached hydrogen (secondary N) is 2. The van der Waals surface area contributed by atoms with E-state index in [1.54, 1.807) is 0 Å². The maximum absolute atomic E-state index is 6.89. The van der Waals surface area contributed by atoms with Gasteiger partial charge in [0.15, 0.2) is 1.41 Å². The molecule has 1 heterocycles. The maximum atomic E-state index is 6.89. The van der Waals surface area contributed by atoms with Gasteiger partial charge >= 0.3 is 0 Å². The summed E-state index contributed by atoms with van der Waals surface area (Å²) >= 11 is 0. The summed E-state index contributed by atoms with van der Waals surface area (Å²) < 4.78 is 13.6. The van der Waals surface area contributed by atoms with Gasteiger partial charge in [-0.2, -0.15) is 5.10 Å². The molecule has 0 atom stereocenters. The molecular formula is C3H5N3. The summed E-state index contributed by atoms with van der Waals surface area (Å²) in [5.41, 5.74) is 0.655. The molecule has 2 N–H and O–H groups in total. The van der Waals surface area contributed by atoms with Crippen molar-refractivity contribution in [2.45, 2.75) is 6.42 Å². The van der Waals surface area contributed by atoms with Crippen LogP contribution in [0.15, 0.2) is 5.10 Å². The van der Waals surface area contributed by atoms with Gasteiger partial charge in [-0.25, -0.2) is 0 Å². The summed E-state index contributed by atoms with van der Waals surface area (Å²) in [5, 5.41) is 10.2. The molecule has 0 saturated heterocycles. The Bertz CT molecular complexity index is 153. The van der Waals surface area contributed by atoms with Crippen LogP contribution in [-0.4, -0.2) is 12.0 Å². The standard InChI is InChI=1S/C3H5N3/c4-3-1-2-5-6-3/h2H,1H2,(H2,4,6)/i2T/hT. The number of amidine groups is 1. The lowest BCUT2D eigenvalue weighted by molar-refractivity contribution is 1.04. The van der Waals surface area contributed by atoms with Crippen LogP contribution < -0.4 is 5.42 Å². The van der Waals surface area contributed by atoms with Crippen molar-refractivity contribution in [2.24, 2.45) is 5.10 Å². The van der Waals surface area contributed by atoms with E-state index in [1.165, 1.54) is 0 Å². The zero-order valence-corrected chi connectivity index (χ0v) is 3.10. The van der Waals surface area contributed by atoms with E-state index in [-0.39, 0.29) is 18.4 Å². The van der Waals surface area contributed by atoms with Crippen LogP contribution >= 0.6 is 0 Å². The third-order valence-electron chi connectivity index (χ3n) is 0.488. The predicted octanol–water partition coefficient (Wildman–Crippen LogP) is -0.0572. The number of rotatable bonds is 0. The minimum Gasteiger partial charge on any atom is -0.287 e. The maximum Gasteiger partial charge on any atom is 0.191 e. The van der Waals surface area contributed by atoms with Gasteiger partial charge in [0.2, 0.25) is 0 Å². The second-order valence-electron chi connectivity index (χ2n) is 0.982. The Morgan fingerprint density at radius 3 is 3.50 bits per heavy atom. The molecule has 0 aliphatic carbocycles. The fraction of sp³-hybridized carbons (Fsp3) is 0.333. The molecule has 32 valence electrons. The van der Waals surface area contributed by atoms with Gasteiger partial charge in [-0.15, -0.1) is 0 Å². The summed E-state index contributed by atoms with van der Waals surface area (Å²) in [7, 11) is 0. The van der Waals surface area contributed by atoms with E-state index in [0.717, 1.165) is 0 Å². The number of hydrogen-bond donors (Lipinski definition) is 2. The minimum absolute atomic E-state index is 0.0648. The molecule has 1 aliphatic heterocycles. The highest BCUT2D eigenvalue weighted by molar-refractivity contribution is 5.95. The Labute approximate surface area is 38.4 Å². The molecule has 0 radical (unpaired) electrons. The van der Waals surface area contributed by atoms with Crippen molar-refractivity contribution < 1.29 is 2.78 Å². The number of hydrazone groups is 1. The first-order valence-electron chi connectivity index (χ1n) is 2.55. The second-order valence-corrected chi connectivity index (χ2v) is 0.982. The largest absolute Gasteiger partial charge is 0.287 e. The SMILES string of the molecule is [3H]C1=NN([3H])C(=N)C1. The molecule has 0 fully saturated rings. The fourth-order valence-corrected chi connectivity index (χ4v) is 0.241. The summed E-state index contributed by atoms with van der Waals surface area (Å²) in [6, 6.07) is 0. The zero-order chi connectivity index (χ0) is 6.15. The second kappa shape index (κ2) is 1.08. The first kappa shape index (κ1) is 1.73. The Balaban J connectivity index is 2.69. The van der Waals surface area contributed by atoms with Crippen LogP contribution in [0, 0.1) is 5.41 Å². The van der Waals surface area contributed by atoms with Gasteiger partial charge in [0, 0.05) is 12.6 Å². The highest BCUT2D eigenvalue weighted by Crippen LogP contribution is 1.80. The van der Waals surface area contributed by atoms with Gasteiger partial charge in [0.1, 0.15) is 5.84 Å². The molecule has 0 bridgehead atoms. The van der Waals surface area contributed by atoms with E-state index in [0.29, 0.717) is 5.42 Å². The molecule has 6 heavy (non-hydrogen) atoms. The lowest BCUT2D eigenvalue weighted by atomic mass is 10.5.